The zero-order valence-electron chi connectivity index (χ0n) is 26.6. The third-order valence-corrected chi connectivity index (χ3v) is 8.66. The Labute approximate surface area is 238 Å². The van der Waals surface area contributed by atoms with E-state index in [2.05, 4.69) is 34.6 Å². The minimum atomic E-state index is -0.255. The van der Waals surface area contributed by atoms with Crippen LogP contribution in [0.4, 0.5) is 0 Å². The van der Waals surface area contributed by atoms with Gasteiger partial charge in [0.25, 0.3) is 0 Å². The van der Waals surface area contributed by atoms with E-state index in [4.69, 9.17) is 4.74 Å². The molecule has 0 radical (unpaired) electrons. The van der Waals surface area contributed by atoms with Crippen molar-refractivity contribution in [1.29, 1.82) is 0 Å². The lowest BCUT2D eigenvalue weighted by Gasteiger charge is -2.33. The Morgan fingerprint density at radius 2 is 0.895 bits per heavy atom. The van der Waals surface area contributed by atoms with E-state index in [1.54, 1.807) is 0 Å². The average molecular weight is 539 g/mol. The van der Waals surface area contributed by atoms with Gasteiger partial charge in [-0.2, -0.15) is 0 Å². The molecule has 0 aromatic rings. The van der Waals surface area contributed by atoms with Gasteiger partial charge in [0.1, 0.15) is 12.5 Å². The van der Waals surface area contributed by atoms with Crippen LogP contribution >= 0.6 is 0 Å². The van der Waals surface area contributed by atoms with E-state index in [1.165, 1.54) is 109 Å². The van der Waals surface area contributed by atoms with Crippen LogP contribution < -0.4 is 0 Å². The van der Waals surface area contributed by atoms with Crippen molar-refractivity contribution in [2.75, 3.05) is 19.6 Å². The number of hydrogen-bond acceptors (Lipinski definition) is 3. The average Bonchev–Trinajstić information content (AvgIpc) is 2.92. The van der Waals surface area contributed by atoms with Gasteiger partial charge in [-0.3, -0.25) is 9.28 Å². The number of nitrogens with zero attached hydrogens (tertiary/aromatic N) is 1. The van der Waals surface area contributed by atoms with Gasteiger partial charge in [0.05, 0.1) is 19.6 Å². The van der Waals surface area contributed by atoms with Crippen LogP contribution in [0.3, 0.4) is 0 Å². The highest BCUT2D eigenvalue weighted by Gasteiger charge is 2.34. The molecule has 4 nitrogen and oxygen atoms in total. The van der Waals surface area contributed by atoms with Gasteiger partial charge in [-0.15, -0.1) is 0 Å². The number of ether oxygens (including phenoxy) is 1. The van der Waals surface area contributed by atoms with Crippen molar-refractivity contribution in [3.8, 4) is 0 Å². The normalized spacial score (nSPS) is 12.6. The highest BCUT2D eigenvalue weighted by atomic mass is 16.5. The molecule has 38 heavy (non-hydrogen) atoms. The first-order valence-electron chi connectivity index (χ1n) is 17.1. The largest absolute Gasteiger partial charge is 0.462 e. The Morgan fingerprint density at radius 1 is 0.526 bits per heavy atom. The van der Waals surface area contributed by atoms with Crippen LogP contribution in [-0.2, 0) is 14.3 Å². The second kappa shape index (κ2) is 26.3. The minimum Gasteiger partial charge on any atom is -0.462 e. The molecule has 0 aliphatic heterocycles. The second-order valence-electron chi connectivity index (χ2n) is 11.7. The number of carbonyl (C=O) groups excluding carboxylic acids is 2. The highest BCUT2D eigenvalue weighted by Crippen LogP contribution is 2.19. The number of rotatable bonds is 28. The molecule has 0 saturated heterocycles. The Bertz CT molecular complexity index is 536. The second-order valence-corrected chi connectivity index (χ2v) is 11.7. The van der Waals surface area contributed by atoms with Gasteiger partial charge >= 0.3 is 11.9 Å². The quantitative estimate of drug-likeness (QED) is 0.0565. The first-order chi connectivity index (χ1) is 18.5. The van der Waals surface area contributed by atoms with Gasteiger partial charge in [0.15, 0.2) is 0 Å². The fourth-order valence-electron chi connectivity index (χ4n) is 5.65. The summed E-state index contributed by atoms with van der Waals surface area (Å²) in [5.41, 5.74) is 0. The highest BCUT2D eigenvalue weighted by molar-refractivity contribution is 5.72. The summed E-state index contributed by atoms with van der Waals surface area (Å²) in [6, 6.07) is 0. The lowest BCUT2D eigenvalue weighted by atomic mass is 10.0. The SMILES string of the molecule is CCCCCCCCCCCCCC(=O)O[C@H](CCCCCCCCCCC)CC(=O)[N+](CC)(CC)CC. The number of amides is 1. The van der Waals surface area contributed by atoms with Crippen LogP contribution in [0.2, 0.25) is 0 Å². The van der Waals surface area contributed by atoms with E-state index >= 15 is 0 Å². The molecule has 0 fully saturated rings. The maximum absolute atomic E-state index is 13.3. The fraction of sp³-hybridized carbons (Fsp3) is 0.941. The molecule has 1 atom stereocenters. The molecular weight excluding hydrogens is 470 g/mol. The van der Waals surface area contributed by atoms with Crippen LogP contribution in [0.15, 0.2) is 0 Å². The van der Waals surface area contributed by atoms with Gasteiger partial charge in [-0.1, -0.05) is 129 Å². The summed E-state index contributed by atoms with van der Waals surface area (Å²) in [7, 11) is 0. The van der Waals surface area contributed by atoms with Crippen LogP contribution in [-0.4, -0.2) is 42.1 Å². The van der Waals surface area contributed by atoms with E-state index in [0.717, 1.165) is 45.3 Å². The third-order valence-electron chi connectivity index (χ3n) is 8.66. The van der Waals surface area contributed by atoms with Crippen molar-refractivity contribution >= 4 is 11.9 Å². The van der Waals surface area contributed by atoms with Crippen LogP contribution in [0.1, 0.15) is 182 Å². The van der Waals surface area contributed by atoms with Crippen molar-refractivity contribution in [2.24, 2.45) is 0 Å². The maximum Gasteiger partial charge on any atom is 0.317 e. The van der Waals surface area contributed by atoms with Crippen molar-refractivity contribution in [2.45, 2.75) is 188 Å². The lowest BCUT2D eigenvalue weighted by Crippen LogP contribution is -2.53. The molecule has 0 aromatic carbocycles. The molecule has 4 heteroatoms. The summed E-state index contributed by atoms with van der Waals surface area (Å²) in [4.78, 5) is 25.9. The molecule has 0 aliphatic carbocycles. The number of hydrogen-bond donors (Lipinski definition) is 0. The van der Waals surface area contributed by atoms with Gasteiger partial charge in [0.2, 0.25) is 0 Å². The summed E-state index contributed by atoms with van der Waals surface area (Å²) in [5.74, 6) is 0.137. The maximum atomic E-state index is 13.3. The first-order valence-corrected chi connectivity index (χ1v) is 17.1. The fourth-order valence-corrected chi connectivity index (χ4v) is 5.65. The predicted molar refractivity (Wildman–Crippen MR) is 164 cm³/mol. The van der Waals surface area contributed by atoms with Crippen LogP contribution in [0.25, 0.3) is 0 Å². The van der Waals surface area contributed by atoms with Crippen LogP contribution in [0, 0.1) is 0 Å². The van der Waals surface area contributed by atoms with E-state index in [0.29, 0.717) is 17.3 Å². The zero-order valence-corrected chi connectivity index (χ0v) is 26.6. The summed E-state index contributed by atoms with van der Waals surface area (Å²) in [5, 5.41) is 0. The molecule has 0 N–H and O–H groups in total. The van der Waals surface area contributed by atoms with E-state index < -0.39 is 0 Å². The van der Waals surface area contributed by atoms with Gasteiger partial charge in [0, 0.05) is 6.42 Å². The summed E-state index contributed by atoms with van der Waals surface area (Å²) in [6.07, 6.45) is 26.9. The summed E-state index contributed by atoms with van der Waals surface area (Å²) >= 11 is 0. The van der Waals surface area contributed by atoms with E-state index in [1.807, 2.05) is 0 Å². The van der Waals surface area contributed by atoms with Crippen molar-refractivity contribution in [1.82, 2.24) is 0 Å². The Morgan fingerprint density at radius 3 is 1.29 bits per heavy atom. The molecule has 0 aliphatic rings. The molecule has 226 valence electrons. The molecule has 0 heterocycles. The molecule has 0 unspecified atom stereocenters. The van der Waals surface area contributed by atoms with Gasteiger partial charge < -0.3 is 4.74 Å². The zero-order chi connectivity index (χ0) is 28.3. The molecule has 1 amide bonds. The summed E-state index contributed by atoms with van der Waals surface area (Å²) in [6.45, 7) is 13.2. The standard InChI is InChI=1S/C34H68NO3/c1-6-11-13-15-17-19-20-22-24-26-28-30-34(37)38-32(31-33(36)35(8-3,9-4)10-5)29-27-25-23-21-18-16-14-12-7-2/h32H,6-31H2,1-5H3/q+1/t32-/m1/s1. The number of unbranched alkanes of at least 4 members (excludes halogenated alkanes) is 18. The van der Waals surface area contributed by atoms with Crippen molar-refractivity contribution < 1.29 is 18.8 Å². The Kier molecular flexibility index (Phi) is 25.7. The van der Waals surface area contributed by atoms with Crippen LogP contribution in [0.5, 0.6) is 0 Å². The smallest absolute Gasteiger partial charge is 0.317 e. The predicted octanol–water partition coefficient (Wildman–Crippen LogP) is 10.3. The van der Waals surface area contributed by atoms with Crippen molar-refractivity contribution in [3.63, 3.8) is 0 Å². The molecule has 0 saturated carbocycles. The van der Waals surface area contributed by atoms with E-state index in [9.17, 15) is 9.59 Å². The molecule has 0 aromatic heterocycles. The monoisotopic (exact) mass is 539 g/mol. The minimum absolute atomic E-state index is 0.0998. The van der Waals surface area contributed by atoms with Crippen molar-refractivity contribution in [3.05, 3.63) is 0 Å². The Balaban J connectivity index is 4.38. The van der Waals surface area contributed by atoms with Gasteiger partial charge in [-0.05, 0) is 40.0 Å². The number of esters is 1. The van der Waals surface area contributed by atoms with Gasteiger partial charge in [-0.25, -0.2) is 4.79 Å². The number of quaternary nitrogens is 1. The molecule has 0 bridgehead atoms. The first kappa shape index (κ1) is 37.1. The molecule has 0 rings (SSSR count). The molecule has 0 spiro atoms. The van der Waals surface area contributed by atoms with E-state index in [-0.39, 0.29) is 18.0 Å². The topological polar surface area (TPSA) is 43.4 Å². The lowest BCUT2D eigenvalue weighted by molar-refractivity contribution is -0.849. The number of carbonyl (C=O) groups is 2. The third kappa shape index (κ3) is 19.2. The Hall–Kier alpha value is -0.900. The summed E-state index contributed by atoms with van der Waals surface area (Å²) < 4.78 is 6.43. The molecular formula is C34H68NO3+.